The minimum absolute atomic E-state index is 0.117. The van der Waals surface area contributed by atoms with Crippen molar-refractivity contribution in [2.45, 2.75) is 18.3 Å². The van der Waals surface area contributed by atoms with Crippen molar-refractivity contribution in [1.82, 2.24) is 4.90 Å². The van der Waals surface area contributed by atoms with E-state index in [4.69, 9.17) is 11.6 Å². The molecule has 1 fully saturated rings. The van der Waals surface area contributed by atoms with Crippen LogP contribution in [0.1, 0.15) is 40.7 Å². The van der Waals surface area contributed by atoms with Crippen molar-refractivity contribution >= 4 is 41.1 Å². The van der Waals surface area contributed by atoms with Crippen molar-refractivity contribution in [2.24, 2.45) is 0 Å². The molecular formula is C29H25ClN2O2. The lowest BCUT2D eigenvalue weighted by Crippen LogP contribution is -2.37. The van der Waals surface area contributed by atoms with E-state index in [-0.39, 0.29) is 16.1 Å². The summed E-state index contributed by atoms with van der Waals surface area (Å²) in [6, 6.07) is 23.9. The van der Waals surface area contributed by atoms with E-state index in [1.807, 2.05) is 18.2 Å². The first-order valence-electron chi connectivity index (χ1n) is 11.5. The Bertz CT molecular complexity index is 1270. The lowest BCUT2D eigenvalue weighted by atomic mass is 9.86. The smallest absolute Gasteiger partial charge is 0.276 e. The third-order valence-electron chi connectivity index (χ3n) is 6.54. The first-order chi connectivity index (χ1) is 16.6. The van der Waals surface area contributed by atoms with Crippen molar-refractivity contribution in [3.05, 3.63) is 122 Å². The van der Waals surface area contributed by atoms with Crippen LogP contribution in [0.2, 0.25) is 0 Å². The number of nitro groups is 1. The van der Waals surface area contributed by atoms with E-state index in [1.165, 1.54) is 39.5 Å². The summed E-state index contributed by atoms with van der Waals surface area (Å²) < 4.78 is 0. The van der Waals surface area contributed by atoms with Gasteiger partial charge in [0.1, 0.15) is 0 Å². The monoisotopic (exact) mass is 468 g/mol. The third-order valence-corrected chi connectivity index (χ3v) is 6.97. The molecule has 1 aliphatic carbocycles. The quantitative estimate of drug-likeness (QED) is 0.137. The second kappa shape index (κ2) is 9.80. The van der Waals surface area contributed by atoms with Crippen molar-refractivity contribution in [2.75, 3.05) is 13.1 Å². The molecule has 0 aromatic heterocycles. The number of benzene rings is 3. The van der Waals surface area contributed by atoms with Gasteiger partial charge >= 0.3 is 0 Å². The second-order valence-electron chi connectivity index (χ2n) is 8.59. The van der Waals surface area contributed by atoms with Gasteiger partial charge < -0.3 is 0 Å². The number of nitro benzene ring substituents is 1. The summed E-state index contributed by atoms with van der Waals surface area (Å²) in [5.41, 5.74) is 8.23. The lowest BCUT2D eigenvalue weighted by Gasteiger charge is -2.34. The number of likely N-dealkylation sites (tertiary alicyclic amines) is 1. The molecule has 0 saturated carbocycles. The average Bonchev–Trinajstić information content (AvgIpc) is 3.02. The van der Waals surface area contributed by atoms with E-state index < -0.39 is 0 Å². The van der Waals surface area contributed by atoms with Gasteiger partial charge in [-0.05, 0) is 46.7 Å². The zero-order valence-corrected chi connectivity index (χ0v) is 19.5. The lowest BCUT2D eigenvalue weighted by molar-refractivity contribution is -0.385. The maximum Gasteiger partial charge on any atom is 0.276 e. The summed E-state index contributed by atoms with van der Waals surface area (Å²) in [5.74, 6) is 0. The fraction of sp³-hybridized carbons (Fsp3) is 0.172. The zero-order valence-electron chi connectivity index (χ0n) is 18.7. The molecule has 1 atom stereocenters. The molecule has 2 aliphatic rings. The predicted molar refractivity (Wildman–Crippen MR) is 140 cm³/mol. The van der Waals surface area contributed by atoms with Gasteiger partial charge in [-0.2, -0.15) is 0 Å². The van der Waals surface area contributed by atoms with Gasteiger partial charge in [0.2, 0.25) is 0 Å². The highest BCUT2D eigenvalue weighted by Crippen LogP contribution is 2.40. The molecule has 3 aromatic rings. The highest BCUT2D eigenvalue weighted by atomic mass is 35.5. The fourth-order valence-corrected chi connectivity index (χ4v) is 5.20. The molecule has 1 aliphatic heterocycles. The van der Waals surface area contributed by atoms with Crippen molar-refractivity contribution in [1.29, 1.82) is 0 Å². The number of nitrogens with zero attached hydrogens (tertiary/aromatic N) is 2. The van der Waals surface area contributed by atoms with Crippen LogP contribution in [0.25, 0.3) is 23.8 Å². The summed E-state index contributed by atoms with van der Waals surface area (Å²) in [5, 5.41) is 11.3. The van der Waals surface area contributed by atoms with Gasteiger partial charge in [0.15, 0.2) is 0 Å². The van der Waals surface area contributed by atoms with E-state index in [9.17, 15) is 10.1 Å². The number of halogens is 1. The van der Waals surface area contributed by atoms with E-state index in [0.717, 1.165) is 19.4 Å². The van der Waals surface area contributed by atoms with Crippen LogP contribution < -0.4 is 0 Å². The van der Waals surface area contributed by atoms with E-state index in [2.05, 4.69) is 65.6 Å². The molecule has 1 unspecified atom stereocenters. The standard InChI is InChI=1S/C29H25ClN2O2/c30-28-20-24(17-19-31(28)18-7-11-23-10-3-6-14-27(23)32(33)34)29-25-12-4-1-8-21(25)15-16-22-9-2-5-13-26(22)29/h1-16,28H,17-20H2. The Morgan fingerprint density at radius 3 is 2.21 bits per heavy atom. The van der Waals surface area contributed by atoms with Gasteiger partial charge in [-0.3, -0.25) is 15.0 Å². The number of piperidine rings is 1. The van der Waals surface area contributed by atoms with Crippen molar-refractivity contribution in [3.63, 3.8) is 0 Å². The summed E-state index contributed by atoms with van der Waals surface area (Å²) in [6.45, 7) is 1.49. The molecule has 170 valence electrons. The molecule has 5 rings (SSSR count). The molecule has 0 amide bonds. The van der Waals surface area contributed by atoms with Crippen LogP contribution in [0.15, 0.2) is 84.4 Å². The topological polar surface area (TPSA) is 46.4 Å². The molecule has 0 bridgehead atoms. The molecule has 1 heterocycles. The maximum atomic E-state index is 11.3. The van der Waals surface area contributed by atoms with Gasteiger partial charge in [0.05, 0.1) is 16.0 Å². The first kappa shape index (κ1) is 22.3. The number of hydrogen-bond acceptors (Lipinski definition) is 3. The number of para-hydroxylation sites is 1. The van der Waals surface area contributed by atoms with Crippen LogP contribution in [-0.2, 0) is 0 Å². The molecule has 3 aromatic carbocycles. The van der Waals surface area contributed by atoms with E-state index in [0.29, 0.717) is 12.1 Å². The van der Waals surface area contributed by atoms with Crippen LogP contribution in [0.4, 0.5) is 5.69 Å². The largest absolute Gasteiger partial charge is 0.283 e. The minimum atomic E-state index is -0.347. The van der Waals surface area contributed by atoms with Crippen molar-refractivity contribution < 1.29 is 4.92 Å². The zero-order chi connectivity index (χ0) is 23.5. The van der Waals surface area contributed by atoms with Crippen LogP contribution in [-0.4, -0.2) is 28.4 Å². The molecule has 4 nitrogen and oxygen atoms in total. The van der Waals surface area contributed by atoms with Crippen LogP contribution >= 0.6 is 11.6 Å². The fourth-order valence-electron chi connectivity index (χ4n) is 4.84. The first-order valence-corrected chi connectivity index (χ1v) is 11.9. The molecule has 0 radical (unpaired) electrons. The Morgan fingerprint density at radius 1 is 0.941 bits per heavy atom. The minimum Gasteiger partial charge on any atom is -0.283 e. The Labute approximate surface area is 204 Å². The predicted octanol–water partition coefficient (Wildman–Crippen LogP) is 7.25. The normalized spacial score (nSPS) is 18.0. The average molecular weight is 469 g/mol. The molecule has 5 heteroatoms. The van der Waals surface area contributed by atoms with Gasteiger partial charge in [0.25, 0.3) is 5.69 Å². The van der Waals surface area contributed by atoms with Crippen molar-refractivity contribution in [3.8, 4) is 0 Å². The Balaban J connectivity index is 1.40. The number of rotatable bonds is 4. The van der Waals surface area contributed by atoms with Gasteiger partial charge in [-0.15, -0.1) is 11.6 Å². The number of fused-ring (bicyclic) bond motifs is 2. The summed E-state index contributed by atoms with van der Waals surface area (Å²) in [7, 11) is 0. The van der Waals surface area contributed by atoms with Gasteiger partial charge in [-0.1, -0.05) is 90.5 Å². The highest BCUT2D eigenvalue weighted by Gasteiger charge is 2.27. The molecule has 0 N–H and O–H groups in total. The van der Waals surface area contributed by atoms with Crippen LogP contribution in [0.3, 0.4) is 0 Å². The second-order valence-corrected chi connectivity index (χ2v) is 9.09. The van der Waals surface area contributed by atoms with Gasteiger partial charge in [-0.25, -0.2) is 0 Å². The summed E-state index contributed by atoms with van der Waals surface area (Å²) in [6.07, 6.45) is 9.89. The summed E-state index contributed by atoms with van der Waals surface area (Å²) >= 11 is 6.89. The van der Waals surface area contributed by atoms with Gasteiger partial charge in [0, 0.05) is 19.2 Å². The molecule has 1 saturated heterocycles. The third kappa shape index (κ3) is 4.47. The Hall–Kier alpha value is -3.47. The maximum absolute atomic E-state index is 11.3. The molecule has 0 spiro atoms. The Morgan fingerprint density at radius 2 is 1.56 bits per heavy atom. The SMILES string of the molecule is O=[N+]([O-])c1ccccc1C=CCN1CCC(=C2c3ccccc3C=Cc3ccccc32)CC1Cl. The van der Waals surface area contributed by atoms with Crippen LogP contribution in [0, 0.1) is 10.1 Å². The number of alkyl halides is 1. The van der Waals surface area contributed by atoms with E-state index >= 15 is 0 Å². The molecule has 34 heavy (non-hydrogen) atoms. The van der Waals surface area contributed by atoms with Crippen LogP contribution in [0.5, 0.6) is 0 Å². The molecular weight excluding hydrogens is 444 g/mol. The number of hydrogen-bond donors (Lipinski definition) is 0. The van der Waals surface area contributed by atoms with E-state index in [1.54, 1.807) is 12.1 Å². The Kier molecular flexibility index (Phi) is 6.43. The summed E-state index contributed by atoms with van der Waals surface area (Å²) in [4.78, 5) is 13.1. The highest BCUT2D eigenvalue weighted by molar-refractivity contribution is 6.20.